The van der Waals surface area contributed by atoms with Crippen molar-refractivity contribution in [3.8, 4) is 0 Å². The Labute approximate surface area is 109 Å². The zero-order valence-electron chi connectivity index (χ0n) is 11.4. The smallest absolute Gasteiger partial charge is 0.238 e. The van der Waals surface area contributed by atoms with Crippen molar-refractivity contribution in [2.45, 2.75) is 33.4 Å². The Morgan fingerprint density at radius 2 is 2.17 bits per heavy atom. The Morgan fingerprint density at radius 1 is 1.44 bits per heavy atom. The fourth-order valence-electron chi connectivity index (χ4n) is 2.38. The molecule has 0 aliphatic carbocycles. The van der Waals surface area contributed by atoms with Gasteiger partial charge >= 0.3 is 0 Å². The molecule has 1 fully saturated rings. The van der Waals surface area contributed by atoms with E-state index in [9.17, 15) is 4.79 Å². The monoisotopic (exact) mass is 246 g/mol. The van der Waals surface area contributed by atoms with Gasteiger partial charge in [0.1, 0.15) is 6.17 Å². The molecule has 1 aliphatic heterocycles. The number of benzene rings is 1. The highest BCUT2D eigenvalue weighted by molar-refractivity contribution is 5.81. The molecular weight excluding hydrogens is 224 g/mol. The van der Waals surface area contributed by atoms with Gasteiger partial charge in [0, 0.05) is 6.54 Å². The van der Waals surface area contributed by atoms with Crippen LogP contribution >= 0.6 is 0 Å². The Kier molecular flexibility index (Phi) is 4.02. The van der Waals surface area contributed by atoms with Crippen molar-refractivity contribution in [1.29, 1.82) is 0 Å². The Morgan fingerprint density at radius 3 is 2.83 bits per heavy atom. The Balaban J connectivity index is 2.21. The second kappa shape index (κ2) is 5.53. The third kappa shape index (κ3) is 2.56. The number of nitrogens with one attached hydrogen (secondary N) is 1. The van der Waals surface area contributed by atoms with Gasteiger partial charge in [-0.3, -0.25) is 10.1 Å². The normalized spacial score (nSPS) is 21.4. The van der Waals surface area contributed by atoms with Gasteiger partial charge in [-0.15, -0.1) is 0 Å². The van der Waals surface area contributed by atoms with Gasteiger partial charge in [-0.05, 0) is 24.0 Å². The van der Waals surface area contributed by atoms with Gasteiger partial charge in [0.2, 0.25) is 5.91 Å². The van der Waals surface area contributed by atoms with Crippen molar-refractivity contribution < 1.29 is 4.79 Å². The Hall–Kier alpha value is -1.35. The quantitative estimate of drug-likeness (QED) is 0.885. The zero-order chi connectivity index (χ0) is 13.1. The average Bonchev–Trinajstić information content (AvgIpc) is 2.72. The van der Waals surface area contributed by atoms with E-state index in [1.165, 1.54) is 11.1 Å². The fourth-order valence-corrected chi connectivity index (χ4v) is 2.38. The standard InChI is InChI=1S/C15H22N2O/c1-4-11(2)10-17-14(18)9-16-15(17)13-8-6-5-7-12(13)3/h5-8,11,15-16H,4,9-10H2,1-3H3. The predicted molar refractivity (Wildman–Crippen MR) is 73.1 cm³/mol. The van der Waals surface area contributed by atoms with E-state index < -0.39 is 0 Å². The summed E-state index contributed by atoms with van der Waals surface area (Å²) < 4.78 is 0. The summed E-state index contributed by atoms with van der Waals surface area (Å²) in [6, 6.07) is 8.28. The number of carbonyl (C=O) groups is 1. The maximum Gasteiger partial charge on any atom is 0.238 e. The third-order valence-electron chi connectivity index (χ3n) is 3.77. The van der Waals surface area contributed by atoms with E-state index in [-0.39, 0.29) is 12.1 Å². The van der Waals surface area contributed by atoms with Crippen LogP contribution in [0.5, 0.6) is 0 Å². The number of hydrogen-bond donors (Lipinski definition) is 1. The van der Waals surface area contributed by atoms with E-state index in [2.05, 4.69) is 38.2 Å². The number of hydrogen-bond acceptors (Lipinski definition) is 2. The first-order valence-corrected chi connectivity index (χ1v) is 6.71. The fraction of sp³-hybridized carbons (Fsp3) is 0.533. The maximum atomic E-state index is 12.0. The molecule has 2 unspecified atom stereocenters. The first-order valence-electron chi connectivity index (χ1n) is 6.71. The second-order valence-electron chi connectivity index (χ2n) is 5.20. The molecule has 2 rings (SSSR count). The van der Waals surface area contributed by atoms with Gasteiger partial charge in [-0.25, -0.2) is 0 Å². The van der Waals surface area contributed by atoms with Crippen LogP contribution in [0.15, 0.2) is 24.3 Å². The van der Waals surface area contributed by atoms with Crippen molar-refractivity contribution >= 4 is 5.91 Å². The molecule has 1 heterocycles. The SMILES string of the molecule is CCC(C)CN1C(=O)CNC1c1ccccc1C. The lowest BCUT2D eigenvalue weighted by Crippen LogP contribution is -2.34. The molecule has 0 spiro atoms. The highest BCUT2D eigenvalue weighted by Gasteiger charge is 2.32. The molecule has 18 heavy (non-hydrogen) atoms. The van der Waals surface area contributed by atoms with E-state index in [0.717, 1.165) is 13.0 Å². The van der Waals surface area contributed by atoms with Crippen molar-refractivity contribution in [2.75, 3.05) is 13.1 Å². The summed E-state index contributed by atoms with van der Waals surface area (Å²) in [6.45, 7) is 7.75. The number of rotatable bonds is 4. The van der Waals surface area contributed by atoms with Crippen LogP contribution in [0.25, 0.3) is 0 Å². The molecule has 0 saturated carbocycles. The van der Waals surface area contributed by atoms with Gasteiger partial charge < -0.3 is 4.90 Å². The van der Waals surface area contributed by atoms with Gasteiger partial charge in [0.05, 0.1) is 6.54 Å². The van der Waals surface area contributed by atoms with E-state index in [4.69, 9.17) is 0 Å². The third-order valence-corrected chi connectivity index (χ3v) is 3.77. The molecule has 98 valence electrons. The number of nitrogens with zero attached hydrogens (tertiary/aromatic N) is 1. The van der Waals surface area contributed by atoms with Gasteiger partial charge in [0.25, 0.3) is 0 Å². The summed E-state index contributed by atoms with van der Waals surface area (Å²) in [7, 11) is 0. The van der Waals surface area contributed by atoms with Crippen LogP contribution in [0, 0.1) is 12.8 Å². The van der Waals surface area contributed by atoms with Crippen LogP contribution in [0.1, 0.15) is 37.6 Å². The summed E-state index contributed by atoms with van der Waals surface area (Å²) in [4.78, 5) is 14.0. The van der Waals surface area contributed by atoms with Crippen molar-refractivity contribution in [3.63, 3.8) is 0 Å². The second-order valence-corrected chi connectivity index (χ2v) is 5.20. The van der Waals surface area contributed by atoms with Crippen molar-refractivity contribution in [2.24, 2.45) is 5.92 Å². The van der Waals surface area contributed by atoms with Crippen LogP contribution in [-0.2, 0) is 4.79 Å². The molecule has 0 radical (unpaired) electrons. The maximum absolute atomic E-state index is 12.0. The van der Waals surface area contributed by atoms with Crippen molar-refractivity contribution in [3.05, 3.63) is 35.4 Å². The van der Waals surface area contributed by atoms with E-state index in [0.29, 0.717) is 12.5 Å². The summed E-state index contributed by atoms with van der Waals surface area (Å²) >= 11 is 0. The van der Waals surface area contributed by atoms with Crippen LogP contribution in [0.3, 0.4) is 0 Å². The number of aryl methyl sites for hydroxylation is 1. The largest absolute Gasteiger partial charge is 0.322 e. The summed E-state index contributed by atoms with van der Waals surface area (Å²) in [5.74, 6) is 0.754. The summed E-state index contributed by atoms with van der Waals surface area (Å²) in [5, 5.41) is 3.32. The first kappa shape index (κ1) is 13.1. The Bertz CT molecular complexity index is 430. The highest BCUT2D eigenvalue weighted by Crippen LogP contribution is 2.26. The molecule has 1 saturated heterocycles. The molecule has 0 aromatic heterocycles. The molecule has 1 aliphatic rings. The van der Waals surface area contributed by atoms with Crippen LogP contribution in [-0.4, -0.2) is 23.9 Å². The lowest BCUT2D eigenvalue weighted by molar-refractivity contribution is -0.128. The number of amides is 1. The zero-order valence-corrected chi connectivity index (χ0v) is 11.4. The molecule has 1 aromatic rings. The lowest BCUT2D eigenvalue weighted by atomic mass is 10.0. The van der Waals surface area contributed by atoms with Crippen LogP contribution in [0.4, 0.5) is 0 Å². The van der Waals surface area contributed by atoms with Gasteiger partial charge in [0.15, 0.2) is 0 Å². The lowest BCUT2D eigenvalue weighted by Gasteiger charge is -2.28. The minimum atomic E-state index is 0.0488. The minimum Gasteiger partial charge on any atom is -0.322 e. The molecule has 0 bridgehead atoms. The first-order chi connectivity index (χ1) is 8.63. The minimum absolute atomic E-state index is 0.0488. The molecule has 3 nitrogen and oxygen atoms in total. The predicted octanol–water partition coefficient (Wildman–Crippen LogP) is 2.47. The molecule has 1 amide bonds. The van der Waals surface area contributed by atoms with Gasteiger partial charge in [-0.2, -0.15) is 0 Å². The molecule has 2 atom stereocenters. The topological polar surface area (TPSA) is 32.3 Å². The van der Waals surface area contributed by atoms with Crippen LogP contribution in [0.2, 0.25) is 0 Å². The number of carbonyl (C=O) groups excluding carboxylic acids is 1. The van der Waals surface area contributed by atoms with E-state index >= 15 is 0 Å². The molecule has 3 heteroatoms. The van der Waals surface area contributed by atoms with Crippen LogP contribution < -0.4 is 5.32 Å². The van der Waals surface area contributed by atoms with E-state index in [1.54, 1.807) is 0 Å². The molecule has 1 aromatic carbocycles. The van der Waals surface area contributed by atoms with E-state index in [1.807, 2.05) is 17.0 Å². The average molecular weight is 246 g/mol. The van der Waals surface area contributed by atoms with Crippen molar-refractivity contribution in [1.82, 2.24) is 10.2 Å². The summed E-state index contributed by atoms with van der Waals surface area (Å²) in [6.07, 6.45) is 1.15. The highest BCUT2D eigenvalue weighted by atomic mass is 16.2. The molecule has 1 N–H and O–H groups in total. The molecular formula is C15H22N2O. The van der Waals surface area contributed by atoms with Gasteiger partial charge in [-0.1, -0.05) is 44.5 Å². The summed E-state index contributed by atoms with van der Waals surface area (Å²) in [5.41, 5.74) is 2.45.